The molecular formula is C13H21N3O12. The van der Waals surface area contributed by atoms with Crippen molar-refractivity contribution in [2.24, 2.45) is 0 Å². The van der Waals surface area contributed by atoms with E-state index in [0.29, 0.717) is 6.42 Å². The van der Waals surface area contributed by atoms with Crippen molar-refractivity contribution in [3.05, 3.63) is 20.2 Å². The molecule has 0 bridgehead atoms. The Hall–Kier alpha value is -3.39. The zero-order chi connectivity index (χ0) is 21.4. The maximum atomic E-state index is 11.5. The normalized spacial score (nSPS) is 10.9. The fourth-order valence-corrected chi connectivity index (χ4v) is 1.55. The average molecular weight is 411 g/mol. The monoisotopic (exact) mass is 411 g/mol. The second-order valence-electron chi connectivity index (χ2n) is 4.97. The molecule has 15 heteroatoms. The van der Waals surface area contributed by atoms with Crippen molar-refractivity contribution >= 4 is 18.0 Å². The Morgan fingerprint density at radius 1 is 0.929 bits per heavy atom. The van der Waals surface area contributed by atoms with Gasteiger partial charge in [0.2, 0.25) is 12.2 Å². The number of unbranched alkanes of at least 4 members (excludes halogenated alkanes) is 1. The van der Waals surface area contributed by atoms with Gasteiger partial charge in [0.05, 0.1) is 19.8 Å². The van der Waals surface area contributed by atoms with Crippen LogP contribution in [0.3, 0.4) is 0 Å². The minimum Gasteiger partial charge on any atom is -0.434 e. The highest BCUT2D eigenvalue weighted by Crippen LogP contribution is 2.00. The Morgan fingerprint density at radius 3 is 2.11 bits per heavy atom. The summed E-state index contributed by atoms with van der Waals surface area (Å²) < 4.78 is 14.0. The van der Waals surface area contributed by atoms with Crippen molar-refractivity contribution in [3.8, 4) is 0 Å². The first-order valence-electron chi connectivity index (χ1n) is 8.05. The van der Waals surface area contributed by atoms with Gasteiger partial charge in [0.25, 0.3) is 10.2 Å². The van der Waals surface area contributed by atoms with Crippen molar-refractivity contribution in [2.45, 2.75) is 38.9 Å². The van der Waals surface area contributed by atoms with Gasteiger partial charge in [-0.05, 0) is 19.3 Å². The standard InChI is InChI=1S/C13H21N3O12/c1-10(28-13(19)24-6-2-3-7-25-15(20)21)27-12(18)9-14-11(17)5-4-8-26-16(22)23/h10H,2-9H2,1H3,(H,14,17). The minimum absolute atomic E-state index is 0.0726. The lowest BCUT2D eigenvalue weighted by atomic mass is 10.3. The first kappa shape index (κ1) is 24.6. The van der Waals surface area contributed by atoms with Gasteiger partial charge < -0.3 is 29.2 Å². The van der Waals surface area contributed by atoms with Crippen molar-refractivity contribution in [1.29, 1.82) is 0 Å². The van der Waals surface area contributed by atoms with Gasteiger partial charge in [-0.2, -0.15) is 0 Å². The van der Waals surface area contributed by atoms with Crippen LogP contribution >= 0.6 is 0 Å². The summed E-state index contributed by atoms with van der Waals surface area (Å²) in [5.74, 6) is -1.43. The van der Waals surface area contributed by atoms with Gasteiger partial charge in [-0.1, -0.05) is 0 Å². The van der Waals surface area contributed by atoms with Gasteiger partial charge in [-0.25, -0.2) is 4.79 Å². The van der Waals surface area contributed by atoms with E-state index in [2.05, 4.69) is 24.5 Å². The molecule has 0 aromatic heterocycles. The molecule has 28 heavy (non-hydrogen) atoms. The third-order valence-corrected chi connectivity index (χ3v) is 2.69. The van der Waals surface area contributed by atoms with Crippen LogP contribution in [0, 0.1) is 20.2 Å². The molecule has 0 aliphatic heterocycles. The van der Waals surface area contributed by atoms with Crippen molar-refractivity contribution < 1.29 is 48.4 Å². The summed E-state index contributed by atoms with van der Waals surface area (Å²) in [6, 6.07) is 0. The molecule has 1 unspecified atom stereocenters. The second-order valence-corrected chi connectivity index (χ2v) is 4.97. The molecule has 15 nitrogen and oxygen atoms in total. The number of hydrogen-bond acceptors (Lipinski definition) is 12. The zero-order valence-electron chi connectivity index (χ0n) is 15.0. The molecule has 0 fully saturated rings. The van der Waals surface area contributed by atoms with Crippen LogP contribution in [0.2, 0.25) is 0 Å². The summed E-state index contributed by atoms with van der Waals surface area (Å²) in [5.41, 5.74) is 0. The van der Waals surface area contributed by atoms with Crippen molar-refractivity contribution in [1.82, 2.24) is 5.32 Å². The fourth-order valence-electron chi connectivity index (χ4n) is 1.55. The highest BCUT2D eigenvalue weighted by atomic mass is 17.0. The molecule has 0 saturated heterocycles. The SMILES string of the molecule is CC(OC(=O)CNC(=O)CCCO[N+](=O)[O-])OC(=O)OCCCCO[N+](=O)[O-]. The van der Waals surface area contributed by atoms with Gasteiger partial charge in [0.1, 0.15) is 6.54 Å². The Kier molecular flexibility index (Phi) is 13.0. The predicted molar refractivity (Wildman–Crippen MR) is 85.4 cm³/mol. The lowest BCUT2D eigenvalue weighted by molar-refractivity contribution is -0.757. The Labute approximate surface area is 158 Å². The summed E-state index contributed by atoms with van der Waals surface area (Å²) in [6.45, 7) is 0.306. The van der Waals surface area contributed by atoms with E-state index in [1.165, 1.54) is 6.92 Å². The molecule has 0 aliphatic carbocycles. The lowest BCUT2D eigenvalue weighted by Gasteiger charge is -2.14. The smallest absolute Gasteiger partial charge is 0.434 e. The molecule has 0 aromatic carbocycles. The predicted octanol–water partition coefficient (Wildman–Crippen LogP) is 0.122. The summed E-state index contributed by atoms with van der Waals surface area (Å²) in [4.78, 5) is 62.1. The van der Waals surface area contributed by atoms with Crippen molar-refractivity contribution in [3.63, 3.8) is 0 Å². The van der Waals surface area contributed by atoms with Crippen LogP contribution in [-0.2, 0) is 33.5 Å². The van der Waals surface area contributed by atoms with Gasteiger partial charge >= 0.3 is 12.1 Å². The molecule has 1 atom stereocenters. The summed E-state index contributed by atoms with van der Waals surface area (Å²) in [5, 5.41) is 20.1. The molecule has 0 rings (SSSR count). The third kappa shape index (κ3) is 16.1. The van der Waals surface area contributed by atoms with Gasteiger partial charge in [0.15, 0.2) is 0 Å². The highest BCUT2D eigenvalue weighted by molar-refractivity contribution is 5.81. The number of carbonyl (C=O) groups excluding carboxylic acids is 3. The summed E-state index contributed by atoms with van der Waals surface area (Å²) in [7, 11) is 0. The van der Waals surface area contributed by atoms with E-state index < -0.39 is 41.0 Å². The maximum absolute atomic E-state index is 11.5. The molecule has 0 saturated carbocycles. The molecular weight excluding hydrogens is 390 g/mol. The first-order chi connectivity index (χ1) is 13.2. The van der Waals surface area contributed by atoms with E-state index in [4.69, 9.17) is 4.74 Å². The molecule has 0 heterocycles. The molecule has 1 amide bonds. The number of nitrogens with zero attached hydrogens (tertiary/aromatic N) is 2. The van der Waals surface area contributed by atoms with E-state index in [1.807, 2.05) is 0 Å². The molecule has 1 N–H and O–H groups in total. The maximum Gasteiger partial charge on any atom is 0.511 e. The fraction of sp³-hybridized carbons (Fsp3) is 0.769. The largest absolute Gasteiger partial charge is 0.511 e. The number of nitrogens with one attached hydrogen (secondary N) is 1. The number of esters is 1. The lowest BCUT2D eigenvalue weighted by Crippen LogP contribution is -2.33. The highest BCUT2D eigenvalue weighted by Gasteiger charge is 2.15. The van der Waals surface area contributed by atoms with Crippen LogP contribution < -0.4 is 5.32 Å². The summed E-state index contributed by atoms with van der Waals surface area (Å²) in [6.07, 6.45) is -1.79. The van der Waals surface area contributed by atoms with E-state index >= 15 is 0 Å². The zero-order valence-corrected chi connectivity index (χ0v) is 15.0. The first-order valence-corrected chi connectivity index (χ1v) is 8.05. The third-order valence-electron chi connectivity index (χ3n) is 2.69. The minimum atomic E-state index is -1.27. The topological polar surface area (TPSA) is 196 Å². The van der Waals surface area contributed by atoms with E-state index in [-0.39, 0.29) is 39.1 Å². The van der Waals surface area contributed by atoms with E-state index in [9.17, 15) is 34.6 Å². The number of ether oxygens (including phenoxy) is 3. The van der Waals surface area contributed by atoms with Gasteiger partial charge in [-0.15, -0.1) is 20.2 Å². The van der Waals surface area contributed by atoms with Gasteiger partial charge in [-0.3, -0.25) is 9.59 Å². The second kappa shape index (κ2) is 14.7. The quantitative estimate of drug-likeness (QED) is 0.126. The number of amides is 1. The van der Waals surface area contributed by atoms with Crippen molar-refractivity contribution in [2.75, 3.05) is 26.4 Å². The van der Waals surface area contributed by atoms with E-state index in [0.717, 1.165) is 0 Å². The molecule has 160 valence electrons. The Balaban J connectivity index is 3.75. The Morgan fingerprint density at radius 2 is 1.50 bits per heavy atom. The number of hydrogen-bond donors (Lipinski definition) is 1. The number of carbonyl (C=O) groups is 3. The molecule has 0 aliphatic rings. The van der Waals surface area contributed by atoms with E-state index in [1.54, 1.807) is 0 Å². The van der Waals surface area contributed by atoms with Crippen LogP contribution in [0.1, 0.15) is 32.6 Å². The average Bonchev–Trinajstić information content (AvgIpc) is 2.59. The van der Waals surface area contributed by atoms with Crippen LogP contribution in [0.25, 0.3) is 0 Å². The Bertz CT molecular complexity index is 541. The molecule has 0 radical (unpaired) electrons. The van der Waals surface area contributed by atoms with Crippen LogP contribution in [0.15, 0.2) is 0 Å². The van der Waals surface area contributed by atoms with Gasteiger partial charge in [0, 0.05) is 13.3 Å². The molecule has 0 aromatic rings. The van der Waals surface area contributed by atoms with Crippen LogP contribution in [-0.4, -0.2) is 60.9 Å². The van der Waals surface area contributed by atoms with Crippen LogP contribution in [0.4, 0.5) is 4.79 Å². The van der Waals surface area contributed by atoms with Crippen LogP contribution in [0.5, 0.6) is 0 Å². The molecule has 0 spiro atoms. The summed E-state index contributed by atoms with van der Waals surface area (Å²) >= 11 is 0. The number of rotatable bonds is 15.